The predicted molar refractivity (Wildman–Crippen MR) is 59.9 cm³/mol. The molecule has 0 heterocycles. The minimum absolute atomic E-state index is 0.217. The smallest absolute Gasteiger partial charge is 0.387 e. The number of hydrogen-bond acceptors (Lipinski definition) is 2. The second-order valence-electron chi connectivity index (χ2n) is 4.45. The highest BCUT2D eigenvalue weighted by Crippen LogP contribution is 2.28. The lowest BCUT2D eigenvalue weighted by molar-refractivity contribution is -0.0503. The molecule has 0 radical (unpaired) electrons. The van der Waals surface area contributed by atoms with Crippen LogP contribution in [0.15, 0.2) is 18.2 Å². The van der Waals surface area contributed by atoms with Crippen LogP contribution < -0.4 is 10.5 Å². The Labute approximate surface area is 94.4 Å². The molecular formula is C12H17F2NO. The molecule has 0 unspecified atom stereocenters. The van der Waals surface area contributed by atoms with E-state index in [0.29, 0.717) is 12.1 Å². The van der Waals surface area contributed by atoms with Gasteiger partial charge in [-0.25, -0.2) is 0 Å². The molecule has 16 heavy (non-hydrogen) atoms. The zero-order chi connectivity index (χ0) is 12.3. The van der Waals surface area contributed by atoms with Crippen molar-refractivity contribution in [3.63, 3.8) is 0 Å². The van der Waals surface area contributed by atoms with Gasteiger partial charge in [-0.3, -0.25) is 0 Å². The lowest BCUT2D eigenvalue weighted by atomic mass is 9.84. The Morgan fingerprint density at radius 2 is 2.00 bits per heavy atom. The molecule has 0 bridgehead atoms. The summed E-state index contributed by atoms with van der Waals surface area (Å²) in [5, 5.41) is 0. The monoisotopic (exact) mass is 229 g/mol. The van der Waals surface area contributed by atoms with E-state index in [2.05, 4.69) is 4.74 Å². The largest absolute Gasteiger partial charge is 0.435 e. The van der Waals surface area contributed by atoms with Gasteiger partial charge in [0.05, 0.1) is 0 Å². The molecule has 0 aliphatic carbocycles. The van der Waals surface area contributed by atoms with Crippen LogP contribution in [0.4, 0.5) is 8.78 Å². The number of ether oxygens (including phenoxy) is 1. The Morgan fingerprint density at radius 3 is 2.50 bits per heavy atom. The fourth-order valence-corrected chi connectivity index (χ4v) is 1.36. The molecule has 0 fully saturated rings. The van der Waals surface area contributed by atoms with Gasteiger partial charge >= 0.3 is 6.61 Å². The highest BCUT2D eigenvalue weighted by molar-refractivity contribution is 5.39. The molecule has 0 saturated heterocycles. The Hall–Kier alpha value is -1.16. The van der Waals surface area contributed by atoms with Crippen LogP contribution in [0.2, 0.25) is 0 Å². The quantitative estimate of drug-likeness (QED) is 0.861. The number of rotatable bonds is 4. The lowest BCUT2D eigenvalue weighted by Gasteiger charge is -2.24. The average molecular weight is 229 g/mol. The molecule has 1 aromatic rings. The molecule has 1 aromatic carbocycles. The summed E-state index contributed by atoms with van der Waals surface area (Å²) in [6.45, 7) is 3.31. The minimum Gasteiger partial charge on any atom is -0.435 e. The molecule has 2 N–H and O–H groups in total. The first kappa shape index (κ1) is 12.9. The molecular weight excluding hydrogens is 212 g/mol. The molecule has 1 rings (SSSR count). The molecule has 0 atom stereocenters. The van der Waals surface area contributed by atoms with Gasteiger partial charge in [-0.05, 0) is 24.1 Å². The standard InChI is InChI=1S/C12H17F2NO/c1-8-4-5-9(12(2,3)7-15)6-10(8)16-11(13)14/h4-6,11H,7,15H2,1-3H3. The maximum atomic E-state index is 12.2. The van der Waals surface area contributed by atoms with E-state index >= 15 is 0 Å². The molecule has 0 saturated carbocycles. The first-order chi connectivity index (χ1) is 7.36. The lowest BCUT2D eigenvalue weighted by Crippen LogP contribution is -2.28. The van der Waals surface area contributed by atoms with E-state index in [1.165, 1.54) is 0 Å². The van der Waals surface area contributed by atoms with E-state index in [4.69, 9.17) is 5.73 Å². The Bertz CT molecular complexity index is 364. The SMILES string of the molecule is Cc1ccc(C(C)(C)CN)cc1OC(F)F. The van der Waals surface area contributed by atoms with E-state index in [-0.39, 0.29) is 11.2 Å². The van der Waals surface area contributed by atoms with Crippen LogP contribution in [-0.4, -0.2) is 13.2 Å². The fraction of sp³-hybridized carbons (Fsp3) is 0.500. The highest BCUT2D eigenvalue weighted by atomic mass is 19.3. The molecule has 0 spiro atoms. The highest BCUT2D eigenvalue weighted by Gasteiger charge is 2.20. The van der Waals surface area contributed by atoms with Crippen LogP contribution in [0.5, 0.6) is 5.75 Å². The van der Waals surface area contributed by atoms with E-state index in [1.54, 1.807) is 19.1 Å². The Balaban J connectivity index is 3.07. The zero-order valence-electron chi connectivity index (χ0n) is 9.76. The van der Waals surface area contributed by atoms with E-state index in [9.17, 15) is 8.78 Å². The number of hydrogen-bond donors (Lipinski definition) is 1. The van der Waals surface area contributed by atoms with Gasteiger partial charge in [0.15, 0.2) is 0 Å². The Kier molecular flexibility index (Phi) is 3.86. The molecule has 2 nitrogen and oxygen atoms in total. The predicted octanol–water partition coefficient (Wildman–Crippen LogP) is 2.83. The van der Waals surface area contributed by atoms with Crippen molar-refractivity contribution in [2.45, 2.75) is 32.8 Å². The molecule has 0 aliphatic rings. The van der Waals surface area contributed by atoms with Gasteiger partial charge in [0.25, 0.3) is 0 Å². The number of benzene rings is 1. The first-order valence-corrected chi connectivity index (χ1v) is 5.13. The first-order valence-electron chi connectivity index (χ1n) is 5.13. The van der Waals surface area contributed by atoms with Gasteiger partial charge in [-0.1, -0.05) is 26.0 Å². The average Bonchev–Trinajstić information content (AvgIpc) is 2.20. The topological polar surface area (TPSA) is 35.2 Å². The number of alkyl halides is 2. The summed E-state index contributed by atoms with van der Waals surface area (Å²) in [6.07, 6.45) is 0. The maximum absolute atomic E-state index is 12.2. The van der Waals surface area contributed by atoms with Crippen molar-refractivity contribution in [2.24, 2.45) is 5.73 Å². The van der Waals surface area contributed by atoms with Gasteiger partial charge in [0.1, 0.15) is 5.75 Å². The van der Waals surface area contributed by atoms with Crippen LogP contribution in [-0.2, 0) is 5.41 Å². The second kappa shape index (κ2) is 4.78. The van der Waals surface area contributed by atoms with E-state index < -0.39 is 6.61 Å². The molecule has 0 amide bonds. The summed E-state index contributed by atoms with van der Waals surface area (Å²) >= 11 is 0. The van der Waals surface area contributed by atoms with Gasteiger partial charge < -0.3 is 10.5 Å². The molecule has 4 heteroatoms. The van der Waals surface area contributed by atoms with Crippen molar-refractivity contribution in [1.29, 1.82) is 0 Å². The third-order valence-corrected chi connectivity index (χ3v) is 2.70. The number of aryl methyl sites for hydroxylation is 1. The maximum Gasteiger partial charge on any atom is 0.387 e. The second-order valence-corrected chi connectivity index (χ2v) is 4.45. The molecule has 90 valence electrons. The number of halogens is 2. The van der Waals surface area contributed by atoms with E-state index in [0.717, 1.165) is 5.56 Å². The van der Waals surface area contributed by atoms with Gasteiger partial charge in [0, 0.05) is 12.0 Å². The van der Waals surface area contributed by atoms with Crippen LogP contribution >= 0.6 is 0 Å². The van der Waals surface area contributed by atoms with Crippen molar-refractivity contribution < 1.29 is 13.5 Å². The van der Waals surface area contributed by atoms with Gasteiger partial charge in [-0.15, -0.1) is 0 Å². The third-order valence-electron chi connectivity index (χ3n) is 2.70. The van der Waals surface area contributed by atoms with Gasteiger partial charge in [0.2, 0.25) is 0 Å². The fourth-order valence-electron chi connectivity index (χ4n) is 1.36. The van der Waals surface area contributed by atoms with E-state index in [1.807, 2.05) is 19.9 Å². The minimum atomic E-state index is -2.80. The van der Waals surface area contributed by atoms with Gasteiger partial charge in [-0.2, -0.15) is 8.78 Å². The normalized spacial score (nSPS) is 11.9. The van der Waals surface area contributed by atoms with Crippen molar-refractivity contribution in [3.05, 3.63) is 29.3 Å². The summed E-state index contributed by atoms with van der Waals surface area (Å²) in [5.41, 5.74) is 6.99. The van der Waals surface area contributed by atoms with Crippen molar-refractivity contribution in [3.8, 4) is 5.75 Å². The Morgan fingerprint density at radius 1 is 1.38 bits per heavy atom. The van der Waals surface area contributed by atoms with Crippen LogP contribution in [0, 0.1) is 6.92 Å². The summed E-state index contributed by atoms with van der Waals surface area (Å²) in [5.74, 6) is 0.217. The summed E-state index contributed by atoms with van der Waals surface area (Å²) in [7, 11) is 0. The van der Waals surface area contributed by atoms with Crippen molar-refractivity contribution in [1.82, 2.24) is 0 Å². The van der Waals surface area contributed by atoms with Crippen molar-refractivity contribution in [2.75, 3.05) is 6.54 Å². The van der Waals surface area contributed by atoms with Crippen molar-refractivity contribution >= 4 is 0 Å². The summed E-state index contributed by atoms with van der Waals surface area (Å²) < 4.78 is 28.8. The third kappa shape index (κ3) is 2.92. The molecule has 0 aliphatic heterocycles. The van der Waals surface area contributed by atoms with Crippen LogP contribution in [0.3, 0.4) is 0 Å². The summed E-state index contributed by atoms with van der Waals surface area (Å²) in [4.78, 5) is 0. The molecule has 0 aromatic heterocycles. The number of nitrogens with two attached hydrogens (primary N) is 1. The zero-order valence-corrected chi connectivity index (χ0v) is 9.76. The van der Waals surface area contributed by atoms with Crippen LogP contribution in [0.1, 0.15) is 25.0 Å². The van der Waals surface area contributed by atoms with Crippen LogP contribution in [0.25, 0.3) is 0 Å². The summed E-state index contributed by atoms with van der Waals surface area (Å²) in [6, 6.07) is 5.29.